The summed E-state index contributed by atoms with van der Waals surface area (Å²) in [6, 6.07) is 0. The molecule has 0 atom stereocenters. The Morgan fingerprint density at radius 1 is 1.67 bits per heavy atom. The predicted octanol–water partition coefficient (Wildman–Crippen LogP) is 1.12. The molecule has 4 heteroatoms. The van der Waals surface area contributed by atoms with Crippen LogP contribution in [0.4, 0.5) is 0 Å². The van der Waals surface area contributed by atoms with E-state index in [1.54, 1.807) is 0 Å². The molecule has 64 valence electrons. The Balaban J connectivity index is 2.66. The Hall–Kier alpha value is -1.45. The third-order valence-corrected chi connectivity index (χ3v) is 1.49. The molecule has 4 nitrogen and oxygen atoms in total. The van der Waals surface area contributed by atoms with Gasteiger partial charge in [-0.25, -0.2) is 9.67 Å². The van der Waals surface area contributed by atoms with E-state index in [2.05, 4.69) is 16.7 Å². The average Bonchev–Trinajstić information content (AvgIpc) is 2.55. The highest BCUT2D eigenvalue weighted by atomic mass is 16.1. The molecule has 0 aliphatic rings. The van der Waals surface area contributed by atoms with E-state index in [9.17, 15) is 4.79 Å². The highest BCUT2D eigenvalue weighted by molar-refractivity contribution is 6.13. The first-order valence-corrected chi connectivity index (χ1v) is 3.82. The molecule has 0 spiro atoms. The lowest BCUT2D eigenvalue weighted by atomic mass is 10.2. The number of rotatable bonds is 4. The predicted molar refractivity (Wildman–Crippen MR) is 45.3 cm³/mol. The topological polar surface area (TPSA) is 47.8 Å². The summed E-state index contributed by atoms with van der Waals surface area (Å²) in [5.74, 6) is 0.0167. The summed E-state index contributed by atoms with van der Waals surface area (Å²) in [6.45, 7) is 5.58. The maximum Gasteiger partial charge on any atom is 0.180 e. The van der Waals surface area contributed by atoms with Crippen LogP contribution in [0, 0.1) is 0 Å². The summed E-state index contributed by atoms with van der Waals surface area (Å²) >= 11 is 0. The first-order chi connectivity index (χ1) is 5.75. The van der Waals surface area contributed by atoms with Crippen molar-refractivity contribution in [3.05, 3.63) is 19.2 Å². The van der Waals surface area contributed by atoms with Gasteiger partial charge >= 0.3 is 0 Å². The SMILES string of the molecule is C=C(C(=O)CCC)n1cncn1. The van der Waals surface area contributed by atoms with Gasteiger partial charge in [-0.3, -0.25) is 4.79 Å². The lowest BCUT2D eigenvalue weighted by molar-refractivity contribution is -0.114. The number of nitrogens with zero attached hydrogens (tertiary/aromatic N) is 3. The molecule has 1 aromatic rings. The maximum atomic E-state index is 11.3. The summed E-state index contributed by atoms with van der Waals surface area (Å²) in [4.78, 5) is 15.0. The van der Waals surface area contributed by atoms with Crippen LogP contribution in [0.1, 0.15) is 19.8 Å². The third kappa shape index (κ3) is 1.78. The van der Waals surface area contributed by atoms with Crippen LogP contribution in [-0.4, -0.2) is 20.5 Å². The van der Waals surface area contributed by atoms with Gasteiger partial charge < -0.3 is 0 Å². The summed E-state index contributed by atoms with van der Waals surface area (Å²) in [6.07, 6.45) is 4.19. The molecule has 0 aromatic carbocycles. The van der Waals surface area contributed by atoms with Gasteiger partial charge in [0.05, 0.1) is 0 Å². The van der Waals surface area contributed by atoms with Crippen molar-refractivity contribution >= 4 is 11.5 Å². The van der Waals surface area contributed by atoms with E-state index in [1.807, 2.05) is 6.92 Å². The van der Waals surface area contributed by atoms with E-state index in [0.717, 1.165) is 6.42 Å². The molecule has 0 radical (unpaired) electrons. The van der Waals surface area contributed by atoms with Crippen LogP contribution < -0.4 is 0 Å². The van der Waals surface area contributed by atoms with Crippen molar-refractivity contribution in [2.45, 2.75) is 19.8 Å². The molecular weight excluding hydrogens is 154 g/mol. The van der Waals surface area contributed by atoms with Crippen molar-refractivity contribution in [3.63, 3.8) is 0 Å². The second-order valence-corrected chi connectivity index (χ2v) is 2.46. The van der Waals surface area contributed by atoms with Crippen LogP contribution >= 0.6 is 0 Å². The minimum atomic E-state index is 0.0167. The van der Waals surface area contributed by atoms with Gasteiger partial charge in [-0.1, -0.05) is 13.5 Å². The minimum absolute atomic E-state index is 0.0167. The van der Waals surface area contributed by atoms with Crippen LogP contribution in [0.2, 0.25) is 0 Å². The molecule has 0 saturated carbocycles. The normalized spacial score (nSPS) is 9.75. The zero-order valence-corrected chi connectivity index (χ0v) is 7.03. The van der Waals surface area contributed by atoms with Crippen molar-refractivity contribution in [1.29, 1.82) is 0 Å². The Morgan fingerprint density at radius 2 is 2.42 bits per heavy atom. The largest absolute Gasteiger partial charge is 0.292 e. The Bertz CT molecular complexity index is 277. The average molecular weight is 165 g/mol. The van der Waals surface area contributed by atoms with Crippen LogP contribution in [0.25, 0.3) is 5.70 Å². The van der Waals surface area contributed by atoms with Crippen molar-refractivity contribution < 1.29 is 4.79 Å². The summed E-state index contributed by atoms with van der Waals surface area (Å²) in [5.41, 5.74) is 0.384. The van der Waals surface area contributed by atoms with Gasteiger partial charge in [0.15, 0.2) is 5.78 Å². The highest BCUT2D eigenvalue weighted by Gasteiger charge is 2.07. The number of carbonyl (C=O) groups is 1. The number of carbonyl (C=O) groups excluding carboxylic acids is 1. The van der Waals surface area contributed by atoms with E-state index in [0.29, 0.717) is 12.1 Å². The van der Waals surface area contributed by atoms with Crippen LogP contribution in [0.3, 0.4) is 0 Å². The summed E-state index contributed by atoms with van der Waals surface area (Å²) < 4.78 is 1.39. The number of Topliss-reactive ketones (excluding diaryl/α,β-unsaturated/α-hetero) is 1. The van der Waals surface area contributed by atoms with Gasteiger partial charge in [-0.15, -0.1) is 0 Å². The Kier molecular flexibility index (Phi) is 2.74. The number of hydrogen-bond acceptors (Lipinski definition) is 3. The molecule has 0 aliphatic carbocycles. The molecule has 0 aliphatic heterocycles. The molecule has 0 saturated heterocycles. The summed E-state index contributed by atoms with van der Waals surface area (Å²) in [5, 5.41) is 3.80. The van der Waals surface area contributed by atoms with E-state index < -0.39 is 0 Å². The lowest BCUT2D eigenvalue weighted by Gasteiger charge is -2.01. The second-order valence-electron chi connectivity index (χ2n) is 2.46. The van der Waals surface area contributed by atoms with Crippen LogP contribution in [0.5, 0.6) is 0 Å². The van der Waals surface area contributed by atoms with Gasteiger partial charge in [-0.2, -0.15) is 5.10 Å². The minimum Gasteiger partial charge on any atom is -0.292 e. The monoisotopic (exact) mass is 165 g/mol. The summed E-state index contributed by atoms with van der Waals surface area (Å²) in [7, 11) is 0. The standard InChI is InChI=1S/C8H11N3O/c1-3-4-8(12)7(2)11-6-9-5-10-11/h5-6H,2-4H2,1H3. The first kappa shape index (κ1) is 8.64. The molecule has 12 heavy (non-hydrogen) atoms. The molecule has 1 aromatic heterocycles. The van der Waals surface area contributed by atoms with E-state index >= 15 is 0 Å². The van der Waals surface area contributed by atoms with Gasteiger partial charge in [0, 0.05) is 6.42 Å². The van der Waals surface area contributed by atoms with Crippen molar-refractivity contribution in [3.8, 4) is 0 Å². The molecule has 0 unspecified atom stereocenters. The van der Waals surface area contributed by atoms with Crippen molar-refractivity contribution in [1.82, 2.24) is 14.8 Å². The van der Waals surface area contributed by atoms with Gasteiger partial charge in [0.1, 0.15) is 18.4 Å². The van der Waals surface area contributed by atoms with Crippen LogP contribution in [-0.2, 0) is 4.79 Å². The smallest absolute Gasteiger partial charge is 0.180 e. The van der Waals surface area contributed by atoms with Crippen molar-refractivity contribution in [2.75, 3.05) is 0 Å². The molecule has 0 amide bonds. The number of allylic oxidation sites excluding steroid dienone is 1. The fourth-order valence-electron chi connectivity index (χ4n) is 0.847. The highest BCUT2D eigenvalue weighted by Crippen LogP contribution is 2.03. The third-order valence-electron chi connectivity index (χ3n) is 1.49. The Morgan fingerprint density at radius 3 is 2.92 bits per heavy atom. The molecular formula is C8H11N3O. The number of hydrogen-bond donors (Lipinski definition) is 0. The second kappa shape index (κ2) is 3.80. The van der Waals surface area contributed by atoms with E-state index in [-0.39, 0.29) is 5.78 Å². The Labute approximate surface area is 70.9 Å². The van der Waals surface area contributed by atoms with Gasteiger partial charge in [0.2, 0.25) is 0 Å². The first-order valence-electron chi connectivity index (χ1n) is 3.82. The molecule has 0 fully saturated rings. The van der Waals surface area contributed by atoms with Crippen LogP contribution in [0.15, 0.2) is 19.2 Å². The lowest BCUT2D eigenvalue weighted by Crippen LogP contribution is -2.07. The van der Waals surface area contributed by atoms with Crippen molar-refractivity contribution in [2.24, 2.45) is 0 Å². The molecule has 1 heterocycles. The zero-order valence-electron chi connectivity index (χ0n) is 7.03. The van der Waals surface area contributed by atoms with Gasteiger partial charge in [0.25, 0.3) is 0 Å². The quantitative estimate of drug-likeness (QED) is 0.628. The van der Waals surface area contributed by atoms with E-state index in [4.69, 9.17) is 0 Å². The molecule has 0 N–H and O–H groups in total. The zero-order chi connectivity index (χ0) is 8.97. The fraction of sp³-hybridized carbons (Fsp3) is 0.375. The fourth-order valence-corrected chi connectivity index (χ4v) is 0.847. The molecule has 0 bridgehead atoms. The van der Waals surface area contributed by atoms with E-state index in [1.165, 1.54) is 17.3 Å². The molecule has 1 rings (SSSR count). The number of ketones is 1. The number of aromatic nitrogens is 3. The maximum absolute atomic E-state index is 11.3. The van der Waals surface area contributed by atoms with Gasteiger partial charge in [-0.05, 0) is 6.42 Å².